The number of methoxy groups -OCH3 is 1. The van der Waals surface area contributed by atoms with Crippen molar-refractivity contribution in [3.05, 3.63) is 0 Å². The van der Waals surface area contributed by atoms with E-state index < -0.39 is 0 Å². The minimum absolute atomic E-state index is 0.292. The van der Waals surface area contributed by atoms with E-state index in [2.05, 4.69) is 6.92 Å². The van der Waals surface area contributed by atoms with Crippen LogP contribution >= 0.6 is 0 Å². The molecule has 12 heavy (non-hydrogen) atoms. The van der Waals surface area contributed by atoms with E-state index in [9.17, 15) is 0 Å². The van der Waals surface area contributed by atoms with Crippen LogP contribution < -0.4 is 0 Å². The summed E-state index contributed by atoms with van der Waals surface area (Å²) in [6.07, 6.45) is 8.25. The third-order valence-corrected chi connectivity index (χ3v) is 3.79. The lowest BCUT2D eigenvalue weighted by molar-refractivity contribution is -0.0941. The van der Waals surface area contributed by atoms with Crippen molar-refractivity contribution < 1.29 is 4.74 Å². The van der Waals surface area contributed by atoms with Crippen LogP contribution in [0, 0.1) is 11.8 Å². The van der Waals surface area contributed by atoms with Gasteiger partial charge in [-0.2, -0.15) is 0 Å². The molecule has 2 rings (SSSR count). The maximum atomic E-state index is 5.72. The molecule has 2 fully saturated rings. The molecule has 0 aliphatic heterocycles. The Morgan fingerprint density at radius 2 is 2.17 bits per heavy atom. The summed E-state index contributed by atoms with van der Waals surface area (Å²) in [4.78, 5) is 0. The van der Waals surface area contributed by atoms with Crippen molar-refractivity contribution in [3.8, 4) is 0 Å². The van der Waals surface area contributed by atoms with Gasteiger partial charge in [0, 0.05) is 7.11 Å². The van der Waals surface area contributed by atoms with Gasteiger partial charge in [0.1, 0.15) is 0 Å². The van der Waals surface area contributed by atoms with E-state index in [0.717, 1.165) is 11.8 Å². The minimum atomic E-state index is 0.292. The lowest BCUT2D eigenvalue weighted by Gasteiger charge is -2.46. The molecule has 3 atom stereocenters. The van der Waals surface area contributed by atoms with Gasteiger partial charge in [-0.05, 0) is 37.5 Å². The van der Waals surface area contributed by atoms with Crippen LogP contribution in [0.3, 0.4) is 0 Å². The van der Waals surface area contributed by atoms with E-state index in [1.165, 1.54) is 38.5 Å². The number of ether oxygens (including phenoxy) is 1. The summed E-state index contributed by atoms with van der Waals surface area (Å²) in [6, 6.07) is 0. The first-order chi connectivity index (χ1) is 5.74. The quantitative estimate of drug-likeness (QED) is 0.585. The molecular formula is C11H20O. The Kier molecular flexibility index (Phi) is 2.16. The minimum Gasteiger partial charge on any atom is -0.378 e. The Morgan fingerprint density at radius 3 is 2.92 bits per heavy atom. The molecule has 70 valence electrons. The van der Waals surface area contributed by atoms with Crippen LogP contribution in [0.25, 0.3) is 0 Å². The molecule has 0 spiro atoms. The molecule has 3 unspecified atom stereocenters. The van der Waals surface area contributed by atoms with Crippen molar-refractivity contribution >= 4 is 0 Å². The maximum Gasteiger partial charge on any atom is 0.0684 e. The van der Waals surface area contributed by atoms with Gasteiger partial charge in [-0.3, -0.25) is 0 Å². The molecule has 0 radical (unpaired) electrons. The Bertz CT molecular complexity index is 162. The predicted molar refractivity (Wildman–Crippen MR) is 50.1 cm³/mol. The summed E-state index contributed by atoms with van der Waals surface area (Å²) in [7, 11) is 1.90. The number of rotatable bonds is 1. The van der Waals surface area contributed by atoms with Crippen molar-refractivity contribution in [2.75, 3.05) is 7.11 Å². The molecule has 2 saturated carbocycles. The first kappa shape index (κ1) is 8.55. The number of hydrogen-bond donors (Lipinski definition) is 0. The molecule has 0 aromatic heterocycles. The highest BCUT2D eigenvalue weighted by Crippen LogP contribution is 2.46. The van der Waals surface area contributed by atoms with Crippen molar-refractivity contribution in [2.24, 2.45) is 11.8 Å². The highest BCUT2D eigenvalue weighted by Gasteiger charge is 2.41. The van der Waals surface area contributed by atoms with E-state index in [0.29, 0.717) is 5.60 Å². The summed E-state index contributed by atoms with van der Waals surface area (Å²) < 4.78 is 5.72. The van der Waals surface area contributed by atoms with Gasteiger partial charge in [0.05, 0.1) is 5.60 Å². The highest BCUT2D eigenvalue weighted by atomic mass is 16.5. The fourth-order valence-electron chi connectivity index (χ4n) is 3.39. The second-order valence-corrected chi connectivity index (χ2v) is 4.89. The molecule has 1 heteroatoms. The molecule has 2 aliphatic rings. The monoisotopic (exact) mass is 168 g/mol. The van der Waals surface area contributed by atoms with Crippen molar-refractivity contribution in [2.45, 2.75) is 51.0 Å². The first-order valence-electron chi connectivity index (χ1n) is 5.29. The van der Waals surface area contributed by atoms with Gasteiger partial charge in [0.2, 0.25) is 0 Å². The Morgan fingerprint density at radius 1 is 1.33 bits per heavy atom. The second kappa shape index (κ2) is 3.02. The zero-order chi connectivity index (χ0) is 8.60. The largest absolute Gasteiger partial charge is 0.378 e. The number of fused-ring (bicyclic) bond motifs is 2. The average Bonchev–Trinajstić information content (AvgIpc) is 2.03. The zero-order valence-electron chi connectivity index (χ0n) is 8.31. The molecule has 0 aromatic rings. The number of hydrogen-bond acceptors (Lipinski definition) is 1. The van der Waals surface area contributed by atoms with Crippen LogP contribution in [0.2, 0.25) is 0 Å². The first-order valence-corrected chi connectivity index (χ1v) is 5.29. The second-order valence-electron chi connectivity index (χ2n) is 4.89. The van der Waals surface area contributed by atoms with Crippen LogP contribution in [0.1, 0.15) is 45.4 Å². The van der Waals surface area contributed by atoms with Gasteiger partial charge in [-0.1, -0.05) is 19.8 Å². The van der Waals surface area contributed by atoms with Crippen molar-refractivity contribution in [3.63, 3.8) is 0 Å². The van der Waals surface area contributed by atoms with Crippen LogP contribution in [0.15, 0.2) is 0 Å². The molecular weight excluding hydrogens is 148 g/mol. The summed E-state index contributed by atoms with van der Waals surface area (Å²) in [5, 5.41) is 0. The molecule has 0 amide bonds. The highest BCUT2D eigenvalue weighted by molar-refractivity contribution is 4.93. The van der Waals surface area contributed by atoms with Crippen LogP contribution in [0.4, 0.5) is 0 Å². The van der Waals surface area contributed by atoms with E-state index in [4.69, 9.17) is 4.74 Å². The summed E-state index contributed by atoms with van der Waals surface area (Å²) >= 11 is 0. The Labute approximate surface area is 75.5 Å². The van der Waals surface area contributed by atoms with Crippen LogP contribution in [0.5, 0.6) is 0 Å². The molecule has 0 N–H and O–H groups in total. The van der Waals surface area contributed by atoms with Gasteiger partial charge in [-0.15, -0.1) is 0 Å². The fourth-order valence-corrected chi connectivity index (χ4v) is 3.39. The van der Waals surface area contributed by atoms with Crippen molar-refractivity contribution in [1.29, 1.82) is 0 Å². The van der Waals surface area contributed by atoms with Crippen molar-refractivity contribution in [1.82, 2.24) is 0 Å². The van der Waals surface area contributed by atoms with Gasteiger partial charge in [-0.25, -0.2) is 0 Å². The summed E-state index contributed by atoms with van der Waals surface area (Å²) in [5.74, 6) is 1.87. The summed E-state index contributed by atoms with van der Waals surface area (Å²) in [5.41, 5.74) is 0.292. The van der Waals surface area contributed by atoms with Gasteiger partial charge in [0.15, 0.2) is 0 Å². The fraction of sp³-hybridized carbons (Fsp3) is 1.00. The van der Waals surface area contributed by atoms with Crippen LogP contribution in [-0.2, 0) is 4.74 Å². The smallest absolute Gasteiger partial charge is 0.0684 e. The Balaban J connectivity index is 2.10. The Hall–Kier alpha value is -0.0400. The molecule has 1 nitrogen and oxygen atoms in total. The van der Waals surface area contributed by atoms with E-state index in [1.807, 2.05) is 7.11 Å². The van der Waals surface area contributed by atoms with Gasteiger partial charge in [0.25, 0.3) is 0 Å². The molecule has 0 saturated heterocycles. The molecule has 0 heterocycles. The average molecular weight is 168 g/mol. The maximum absolute atomic E-state index is 5.72. The van der Waals surface area contributed by atoms with E-state index in [1.54, 1.807) is 0 Å². The van der Waals surface area contributed by atoms with Crippen LogP contribution in [-0.4, -0.2) is 12.7 Å². The lowest BCUT2D eigenvalue weighted by atomic mass is 9.66. The SMILES string of the molecule is COC12CCCC(CC(C)C1)C2. The molecule has 2 bridgehead atoms. The topological polar surface area (TPSA) is 9.23 Å². The van der Waals surface area contributed by atoms with Gasteiger partial charge >= 0.3 is 0 Å². The summed E-state index contributed by atoms with van der Waals surface area (Å²) in [6.45, 7) is 2.38. The zero-order valence-corrected chi connectivity index (χ0v) is 8.31. The molecule has 0 aromatic carbocycles. The third-order valence-electron chi connectivity index (χ3n) is 3.79. The normalized spacial score (nSPS) is 47.5. The van der Waals surface area contributed by atoms with Gasteiger partial charge < -0.3 is 4.74 Å². The third kappa shape index (κ3) is 1.39. The molecule has 2 aliphatic carbocycles. The lowest BCUT2D eigenvalue weighted by Crippen LogP contribution is -2.43. The predicted octanol–water partition coefficient (Wildman–Crippen LogP) is 2.99. The standard InChI is InChI=1S/C11H20O/c1-9-6-10-4-3-5-11(7-9,8-10)12-2/h9-10H,3-8H2,1-2H3. The van der Waals surface area contributed by atoms with E-state index >= 15 is 0 Å². The van der Waals surface area contributed by atoms with E-state index in [-0.39, 0.29) is 0 Å².